The molecule has 1 heterocycles. The van der Waals surface area contributed by atoms with Gasteiger partial charge in [0.15, 0.2) is 17.1 Å². The predicted molar refractivity (Wildman–Crippen MR) is 94.3 cm³/mol. The van der Waals surface area contributed by atoms with E-state index in [9.17, 15) is 20.1 Å². The van der Waals surface area contributed by atoms with E-state index in [4.69, 9.17) is 4.42 Å². The topological polar surface area (TPSA) is 90.9 Å². The molecule has 0 radical (unpaired) electrons. The minimum atomic E-state index is -0.578. The van der Waals surface area contributed by atoms with Crippen molar-refractivity contribution in [2.24, 2.45) is 0 Å². The molecule has 0 amide bonds. The van der Waals surface area contributed by atoms with Gasteiger partial charge in [0.2, 0.25) is 16.9 Å². The number of hydrogen-bond acceptors (Lipinski definition) is 5. The fraction of sp³-hybridized carbons (Fsp3) is 0.0500. The smallest absolute Gasteiger partial charge is 0.224 e. The van der Waals surface area contributed by atoms with Crippen LogP contribution < -0.4 is 5.43 Å². The lowest BCUT2D eigenvalue weighted by molar-refractivity contribution is 0.398. The van der Waals surface area contributed by atoms with E-state index in [1.807, 2.05) is 31.2 Å². The molecular formula is C20H14O5. The van der Waals surface area contributed by atoms with Crippen LogP contribution in [0.1, 0.15) is 5.56 Å². The Balaban J connectivity index is 2.27. The van der Waals surface area contributed by atoms with E-state index < -0.39 is 16.9 Å². The molecule has 5 nitrogen and oxygen atoms in total. The second-order valence-electron chi connectivity index (χ2n) is 5.95. The van der Waals surface area contributed by atoms with Crippen LogP contribution in [0.25, 0.3) is 33.4 Å². The van der Waals surface area contributed by atoms with Gasteiger partial charge in [0, 0.05) is 16.5 Å². The van der Waals surface area contributed by atoms with Crippen LogP contribution in [0.4, 0.5) is 0 Å². The van der Waals surface area contributed by atoms with Crippen LogP contribution >= 0.6 is 0 Å². The Morgan fingerprint density at radius 1 is 0.920 bits per heavy atom. The second-order valence-corrected chi connectivity index (χ2v) is 5.95. The molecule has 0 aromatic heterocycles. The van der Waals surface area contributed by atoms with Gasteiger partial charge in [-0.1, -0.05) is 29.8 Å². The lowest BCUT2D eigenvalue weighted by Gasteiger charge is -2.17. The third kappa shape index (κ3) is 2.21. The van der Waals surface area contributed by atoms with E-state index in [-0.39, 0.29) is 17.1 Å². The summed E-state index contributed by atoms with van der Waals surface area (Å²) in [5.74, 6) is -1.35. The van der Waals surface area contributed by atoms with Gasteiger partial charge in [0.05, 0.1) is 0 Å². The number of aromatic hydroxyl groups is 3. The highest BCUT2D eigenvalue weighted by molar-refractivity contribution is 6.04. The standard InChI is InChI=1S/C20H14O5/c1-10-3-2-4-11(9-10)16-12-5-7-14(21)17(23)19(12)25-20-13(16)6-8-15(22)18(20)24/h2-9,21,23-24H,1H3. The third-order valence-electron chi connectivity index (χ3n) is 4.25. The first-order valence-corrected chi connectivity index (χ1v) is 7.68. The van der Waals surface area contributed by atoms with Crippen molar-refractivity contribution in [3.05, 3.63) is 64.3 Å². The number of phenolic OH excluding ortho intramolecular Hbond substituents is 3. The van der Waals surface area contributed by atoms with Gasteiger partial charge in [-0.25, -0.2) is 0 Å². The quantitative estimate of drug-likeness (QED) is 0.362. The zero-order chi connectivity index (χ0) is 17.7. The van der Waals surface area contributed by atoms with Crippen LogP contribution in [-0.2, 0) is 0 Å². The Kier molecular flexibility index (Phi) is 3.18. The van der Waals surface area contributed by atoms with Crippen molar-refractivity contribution in [1.82, 2.24) is 0 Å². The Hall–Kier alpha value is -3.47. The van der Waals surface area contributed by atoms with Crippen molar-refractivity contribution in [2.75, 3.05) is 0 Å². The number of aryl methyl sites for hydroxylation is 1. The average Bonchev–Trinajstić information content (AvgIpc) is 2.60. The van der Waals surface area contributed by atoms with Crippen molar-refractivity contribution in [3.8, 4) is 39.7 Å². The predicted octanol–water partition coefficient (Wildman–Crippen LogP) is 3.99. The normalized spacial score (nSPS) is 11.2. The van der Waals surface area contributed by atoms with E-state index >= 15 is 0 Å². The molecule has 0 atom stereocenters. The van der Waals surface area contributed by atoms with Crippen LogP contribution in [0.2, 0.25) is 0 Å². The highest BCUT2D eigenvalue weighted by Crippen LogP contribution is 2.46. The first-order chi connectivity index (χ1) is 12.0. The summed E-state index contributed by atoms with van der Waals surface area (Å²) in [4.78, 5) is 11.8. The maximum absolute atomic E-state index is 11.8. The number of rotatable bonds is 1. The van der Waals surface area contributed by atoms with E-state index in [1.54, 1.807) is 12.1 Å². The van der Waals surface area contributed by atoms with Crippen molar-refractivity contribution in [1.29, 1.82) is 0 Å². The van der Waals surface area contributed by atoms with Gasteiger partial charge in [-0.2, -0.15) is 0 Å². The van der Waals surface area contributed by atoms with Gasteiger partial charge in [0.25, 0.3) is 0 Å². The van der Waals surface area contributed by atoms with Crippen LogP contribution in [0, 0.1) is 6.92 Å². The molecule has 0 fully saturated rings. The van der Waals surface area contributed by atoms with E-state index in [1.165, 1.54) is 12.1 Å². The third-order valence-corrected chi connectivity index (χ3v) is 4.25. The molecule has 0 saturated heterocycles. The number of phenols is 3. The van der Waals surface area contributed by atoms with Gasteiger partial charge >= 0.3 is 0 Å². The molecule has 1 aliphatic heterocycles. The van der Waals surface area contributed by atoms with Crippen molar-refractivity contribution in [3.63, 3.8) is 0 Å². The molecule has 25 heavy (non-hydrogen) atoms. The Morgan fingerprint density at radius 3 is 2.48 bits per heavy atom. The molecule has 0 spiro atoms. The lowest BCUT2D eigenvalue weighted by Crippen LogP contribution is -2.02. The van der Waals surface area contributed by atoms with Gasteiger partial charge in [-0.05, 0) is 36.8 Å². The summed E-state index contributed by atoms with van der Waals surface area (Å²) in [6.07, 6.45) is 0. The summed E-state index contributed by atoms with van der Waals surface area (Å²) >= 11 is 0. The highest BCUT2D eigenvalue weighted by atomic mass is 16.4. The fourth-order valence-electron chi connectivity index (χ4n) is 3.07. The molecule has 5 heteroatoms. The van der Waals surface area contributed by atoms with Gasteiger partial charge in [-0.15, -0.1) is 0 Å². The average molecular weight is 334 g/mol. The van der Waals surface area contributed by atoms with Crippen LogP contribution in [-0.4, -0.2) is 15.3 Å². The summed E-state index contributed by atoms with van der Waals surface area (Å²) in [6, 6.07) is 13.6. The number of benzene rings is 3. The number of hydrogen-bond donors (Lipinski definition) is 3. The molecule has 0 bridgehead atoms. The van der Waals surface area contributed by atoms with Crippen molar-refractivity contribution < 1.29 is 19.7 Å². The molecule has 2 aromatic rings. The van der Waals surface area contributed by atoms with Crippen LogP contribution in [0.15, 0.2) is 57.7 Å². The molecule has 0 saturated carbocycles. The highest BCUT2D eigenvalue weighted by Gasteiger charge is 2.23. The zero-order valence-electron chi connectivity index (χ0n) is 13.3. The van der Waals surface area contributed by atoms with Crippen LogP contribution in [0.5, 0.6) is 17.2 Å². The van der Waals surface area contributed by atoms with Gasteiger partial charge < -0.3 is 19.7 Å². The minimum Gasteiger partial charge on any atom is -0.504 e. The van der Waals surface area contributed by atoms with Crippen LogP contribution in [0.3, 0.4) is 0 Å². The molecule has 0 unspecified atom stereocenters. The second kappa shape index (κ2) is 5.27. The molecule has 124 valence electrons. The summed E-state index contributed by atoms with van der Waals surface area (Å²) in [6.45, 7) is 1.96. The Morgan fingerprint density at radius 2 is 1.72 bits per heavy atom. The van der Waals surface area contributed by atoms with Crippen molar-refractivity contribution in [2.45, 2.75) is 6.92 Å². The minimum absolute atomic E-state index is 0.00454. The molecular weight excluding hydrogens is 320 g/mol. The maximum Gasteiger partial charge on any atom is 0.224 e. The Labute approximate surface area is 142 Å². The van der Waals surface area contributed by atoms with E-state index in [0.717, 1.165) is 11.1 Å². The SMILES string of the molecule is Cc1cccc(-c2c3ccc(=O)c(O)c-3oc3c(O)c(O)ccc23)c1. The first kappa shape index (κ1) is 15.1. The summed E-state index contributed by atoms with van der Waals surface area (Å²) < 4.78 is 5.60. The molecule has 3 N–H and O–H groups in total. The summed E-state index contributed by atoms with van der Waals surface area (Å²) in [5, 5.41) is 30.7. The summed E-state index contributed by atoms with van der Waals surface area (Å²) in [5.41, 5.74) is 2.54. The molecule has 2 aromatic carbocycles. The molecule has 4 rings (SSSR count). The van der Waals surface area contributed by atoms with Gasteiger partial charge in [0.1, 0.15) is 0 Å². The number of fused-ring (bicyclic) bond motifs is 2. The largest absolute Gasteiger partial charge is 0.504 e. The van der Waals surface area contributed by atoms with E-state index in [0.29, 0.717) is 16.5 Å². The zero-order valence-corrected chi connectivity index (χ0v) is 13.3. The fourth-order valence-corrected chi connectivity index (χ4v) is 3.07. The van der Waals surface area contributed by atoms with E-state index in [2.05, 4.69) is 0 Å². The first-order valence-electron chi connectivity index (χ1n) is 7.68. The summed E-state index contributed by atoms with van der Waals surface area (Å²) in [7, 11) is 0. The lowest BCUT2D eigenvalue weighted by atomic mass is 9.92. The Bertz CT molecular complexity index is 1160. The molecule has 1 aliphatic carbocycles. The monoisotopic (exact) mass is 334 g/mol. The van der Waals surface area contributed by atoms with Crippen molar-refractivity contribution >= 4 is 11.0 Å². The maximum atomic E-state index is 11.8. The molecule has 2 aliphatic rings. The van der Waals surface area contributed by atoms with Gasteiger partial charge in [-0.3, -0.25) is 4.79 Å².